The van der Waals surface area contributed by atoms with Gasteiger partial charge in [-0.05, 0) is 30.5 Å². The molecule has 112 valence electrons. The standard InChI is InChI=1S/C13H18BrNO4S/c1-9(2)6-10(13(16)17)8-15-20(18,19)12-5-3-4-11(14)7-12/h3-5,7,9-10,15H,6,8H2,1-2H3,(H,16,17). The van der Waals surface area contributed by atoms with E-state index in [1.807, 2.05) is 13.8 Å². The van der Waals surface area contributed by atoms with Crippen LogP contribution < -0.4 is 4.72 Å². The lowest BCUT2D eigenvalue weighted by molar-refractivity contribution is -0.142. The minimum atomic E-state index is -3.69. The van der Waals surface area contributed by atoms with Crippen molar-refractivity contribution in [1.29, 1.82) is 0 Å². The number of carboxylic acid groups (broad SMARTS) is 1. The van der Waals surface area contributed by atoms with E-state index in [0.717, 1.165) is 0 Å². The summed E-state index contributed by atoms with van der Waals surface area (Å²) < 4.78 is 27.2. The van der Waals surface area contributed by atoms with Crippen LogP contribution in [0.2, 0.25) is 0 Å². The van der Waals surface area contributed by atoms with Gasteiger partial charge in [-0.2, -0.15) is 0 Å². The predicted octanol–water partition coefficient (Wildman–Crippen LogP) is 2.47. The molecule has 0 saturated carbocycles. The third kappa shape index (κ3) is 5.22. The van der Waals surface area contributed by atoms with Gasteiger partial charge in [-0.15, -0.1) is 0 Å². The Labute approximate surface area is 127 Å². The first-order valence-corrected chi connectivity index (χ1v) is 8.48. The molecular weight excluding hydrogens is 346 g/mol. The molecule has 5 nitrogen and oxygen atoms in total. The fraction of sp³-hybridized carbons (Fsp3) is 0.462. The average molecular weight is 364 g/mol. The van der Waals surface area contributed by atoms with Crippen molar-refractivity contribution in [3.63, 3.8) is 0 Å². The van der Waals surface area contributed by atoms with E-state index in [4.69, 9.17) is 5.11 Å². The third-order valence-electron chi connectivity index (χ3n) is 2.73. The van der Waals surface area contributed by atoms with Crippen molar-refractivity contribution in [1.82, 2.24) is 4.72 Å². The van der Waals surface area contributed by atoms with Gasteiger partial charge in [-0.3, -0.25) is 4.79 Å². The van der Waals surface area contributed by atoms with Gasteiger partial charge < -0.3 is 5.11 Å². The average Bonchev–Trinajstić information content (AvgIpc) is 2.33. The number of hydrogen-bond acceptors (Lipinski definition) is 3. The lowest BCUT2D eigenvalue weighted by Gasteiger charge is -2.15. The Kier molecular flexibility index (Phi) is 6.16. The molecule has 0 bridgehead atoms. The summed E-state index contributed by atoms with van der Waals surface area (Å²) in [5.74, 6) is -1.53. The number of nitrogens with one attached hydrogen (secondary N) is 1. The van der Waals surface area contributed by atoms with Crippen LogP contribution in [-0.2, 0) is 14.8 Å². The Hall–Kier alpha value is -0.920. The van der Waals surface area contributed by atoms with Crippen molar-refractivity contribution in [2.24, 2.45) is 11.8 Å². The first kappa shape index (κ1) is 17.1. The van der Waals surface area contributed by atoms with Gasteiger partial charge >= 0.3 is 5.97 Å². The summed E-state index contributed by atoms with van der Waals surface area (Å²) in [4.78, 5) is 11.2. The van der Waals surface area contributed by atoms with Crippen LogP contribution in [0, 0.1) is 11.8 Å². The third-order valence-corrected chi connectivity index (χ3v) is 4.65. The molecule has 2 N–H and O–H groups in total. The molecule has 7 heteroatoms. The minimum Gasteiger partial charge on any atom is -0.481 e. The molecular formula is C13H18BrNO4S. The van der Waals surface area contributed by atoms with Crippen LogP contribution in [0.3, 0.4) is 0 Å². The monoisotopic (exact) mass is 363 g/mol. The number of sulfonamides is 1. The largest absolute Gasteiger partial charge is 0.481 e. The Bertz CT molecular complexity index is 571. The summed E-state index contributed by atoms with van der Waals surface area (Å²) in [6.07, 6.45) is 0.427. The van der Waals surface area contributed by atoms with Crippen molar-refractivity contribution in [2.75, 3.05) is 6.54 Å². The van der Waals surface area contributed by atoms with Crippen LogP contribution in [0.25, 0.3) is 0 Å². The molecule has 1 atom stereocenters. The summed E-state index contributed by atoms with van der Waals surface area (Å²) in [6, 6.07) is 6.27. The van der Waals surface area contributed by atoms with E-state index in [9.17, 15) is 13.2 Å². The number of carbonyl (C=O) groups is 1. The van der Waals surface area contributed by atoms with Gasteiger partial charge in [0.1, 0.15) is 0 Å². The Morgan fingerprint density at radius 1 is 1.40 bits per heavy atom. The van der Waals surface area contributed by atoms with E-state index in [1.165, 1.54) is 12.1 Å². The van der Waals surface area contributed by atoms with E-state index in [1.54, 1.807) is 12.1 Å². The van der Waals surface area contributed by atoms with Gasteiger partial charge in [0.25, 0.3) is 0 Å². The summed E-state index contributed by atoms with van der Waals surface area (Å²) in [7, 11) is -3.69. The smallest absolute Gasteiger partial charge is 0.307 e. The van der Waals surface area contributed by atoms with Gasteiger partial charge in [0.05, 0.1) is 10.8 Å². The highest BCUT2D eigenvalue weighted by molar-refractivity contribution is 9.10. The van der Waals surface area contributed by atoms with Crippen molar-refractivity contribution < 1.29 is 18.3 Å². The molecule has 0 amide bonds. The van der Waals surface area contributed by atoms with Crippen molar-refractivity contribution >= 4 is 31.9 Å². The van der Waals surface area contributed by atoms with Crippen LogP contribution in [0.15, 0.2) is 33.6 Å². The van der Waals surface area contributed by atoms with Gasteiger partial charge in [-0.25, -0.2) is 13.1 Å². The van der Waals surface area contributed by atoms with Crippen molar-refractivity contribution in [2.45, 2.75) is 25.2 Å². The van der Waals surface area contributed by atoms with Crippen molar-refractivity contribution in [3.8, 4) is 0 Å². The molecule has 0 fully saturated rings. The molecule has 1 aromatic carbocycles. The van der Waals surface area contributed by atoms with E-state index in [0.29, 0.717) is 10.9 Å². The minimum absolute atomic E-state index is 0.109. The molecule has 1 unspecified atom stereocenters. The number of carboxylic acids is 1. The number of aliphatic carboxylic acids is 1. The number of rotatable bonds is 7. The molecule has 1 rings (SSSR count). The zero-order valence-electron chi connectivity index (χ0n) is 11.3. The second-order valence-electron chi connectivity index (χ2n) is 4.97. The maximum atomic E-state index is 12.1. The van der Waals surface area contributed by atoms with E-state index < -0.39 is 21.9 Å². The maximum Gasteiger partial charge on any atom is 0.307 e. The van der Waals surface area contributed by atoms with E-state index in [2.05, 4.69) is 20.7 Å². The maximum absolute atomic E-state index is 12.1. The lowest BCUT2D eigenvalue weighted by atomic mass is 9.98. The van der Waals surface area contributed by atoms with Crippen LogP contribution in [-0.4, -0.2) is 26.0 Å². The summed E-state index contributed by atoms with van der Waals surface area (Å²) in [5, 5.41) is 9.09. The Morgan fingerprint density at radius 3 is 2.55 bits per heavy atom. The fourth-order valence-corrected chi connectivity index (χ4v) is 3.45. The molecule has 0 spiro atoms. The number of benzene rings is 1. The summed E-state index contributed by atoms with van der Waals surface area (Å²) >= 11 is 3.20. The molecule has 0 aliphatic rings. The van der Waals surface area contributed by atoms with Gasteiger partial charge in [0.2, 0.25) is 10.0 Å². The highest BCUT2D eigenvalue weighted by Gasteiger charge is 2.22. The Morgan fingerprint density at radius 2 is 2.05 bits per heavy atom. The molecule has 0 radical (unpaired) electrons. The topological polar surface area (TPSA) is 83.5 Å². The molecule has 0 heterocycles. The zero-order chi connectivity index (χ0) is 15.3. The van der Waals surface area contributed by atoms with E-state index >= 15 is 0 Å². The molecule has 0 saturated heterocycles. The first-order valence-electron chi connectivity index (χ1n) is 6.20. The highest BCUT2D eigenvalue weighted by Crippen LogP contribution is 2.17. The molecule has 0 aliphatic carbocycles. The van der Waals surface area contributed by atoms with E-state index in [-0.39, 0.29) is 17.4 Å². The summed E-state index contributed by atoms with van der Waals surface area (Å²) in [5.41, 5.74) is 0. The molecule has 1 aromatic rings. The van der Waals surface area contributed by atoms with Gasteiger partial charge in [0.15, 0.2) is 0 Å². The molecule has 0 aromatic heterocycles. The molecule has 20 heavy (non-hydrogen) atoms. The Balaban J connectivity index is 2.78. The zero-order valence-corrected chi connectivity index (χ0v) is 13.7. The lowest BCUT2D eigenvalue weighted by Crippen LogP contribution is -2.33. The van der Waals surface area contributed by atoms with Gasteiger partial charge in [0, 0.05) is 11.0 Å². The van der Waals surface area contributed by atoms with Crippen LogP contribution in [0.4, 0.5) is 0 Å². The predicted molar refractivity (Wildman–Crippen MR) is 79.9 cm³/mol. The van der Waals surface area contributed by atoms with Crippen LogP contribution in [0.1, 0.15) is 20.3 Å². The second-order valence-corrected chi connectivity index (χ2v) is 7.66. The first-order chi connectivity index (χ1) is 9.22. The molecule has 0 aliphatic heterocycles. The fourth-order valence-electron chi connectivity index (χ4n) is 1.77. The second kappa shape index (κ2) is 7.19. The van der Waals surface area contributed by atoms with Crippen LogP contribution in [0.5, 0.6) is 0 Å². The normalized spacial score (nSPS) is 13.4. The number of hydrogen-bond donors (Lipinski definition) is 2. The SMILES string of the molecule is CC(C)CC(CNS(=O)(=O)c1cccc(Br)c1)C(=O)O. The quantitative estimate of drug-likeness (QED) is 0.779. The van der Waals surface area contributed by atoms with Crippen LogP contribution >= 0.6 is 15.9 Å². The van der Waals surface area contributed by atoms with Crippen molar-refractivity contribution in [3.05, 3.63) is 28.7 Å². The number of halogens is 1. The highest BCUT2D eigenvalue weighted by atomic mass is 79.9. The summed E-state index contributed by atoms with van der Waals surface area (Å²) in [6.45, 7) is 3.69. The van der Waals surface area contributed by atoms with Gasteiger partial charge in [-0.1, -0.05) is 35.8 Å².